The smallest absolute Gasteiger partial charge is 0.407 e. The number of rotatable bonds is 2. The highest BCUT2D eigenvalue weighted by Gasteiger charge is 2.15. The zero-order valence-electron chi connectivity index (χ0n) is 12.6. The topological polar surface area (TPSA) is 62.1 Å². The van der Waals surface area contributed by atoms with Crippen LogP contribution in [0.4, 0.5) is 13.6 Å². The summed E-state index contributed by atoms with van der Waals surface area (Å²) in [6, 6.07) is 3.23. The number of nitrogens with one attached hydrogen (secondary N) is 1. The average molecular weight is 306 g/mol. The number of ether oxygens (including phenoxy) is 1. The van der Waals surface area contributed by atoms with E-state index in [4.69, 9.17) is 10.00 Å². The molecule has 22 heavy (non-hydrogen) atoms. The van der Waals surface area contributed by atoms with Gasteiger partial charge < -0.3 is 10.1 Å². The van der Waals surface area contributed by atoms with E-state index in [2.05, 4.69) is 17.2 Å². The van der Waals surface area contributed by atoms with Gasteiger partial charge in [-0.1, -0.05) is 11.8 Å². The van der Waals surface area contributed by atoms with Gasteiger partial charge in [0.2, 0.25) is 0 Å². The number of carbonyl (C=O) groups excluding carboxylic acids is 1. The van der Waals surface area contributed by atoms with E-state index in [1.807, 2.05) is 0 Å². The van der Waals surface area contributed by atoms with Gasteiger partial charge in [0.25, 0.3) is 0 Å². The maximum Gasteiger partial charge on any atom is 0.407 e. The number of hydrogen-bond acceptors (Lipinski definition) is 3. The first-order valence-electron chi connectivity index (χ1n) is 6.58. The maximum absolute atomic E-state index is 13.5. The highest BCUT2D eigenvalue weighted by molar-refractivity contribution is 5.67. The van der Waals surface area contributed by atoms with Crippen LogP contribution in [0.25, 0.3) is 0 Å². The third kappa shape index (κ3) is 5.80. The van der Waals surface area contributed by atoms with Gasteiger partial charge >= 0.3 is 6.09 Å². The number of amides is 1. The fourth-order valence-corrected chi connectivity index (χ4v) is 1.43. The molecule has 1 N–H and O–H groups in total. The molecule has 0 saturated carbocycles. The van der Waals surface area contributed by atoms with Crippen molar-refractivity contribution in [1.82, 2.24) is 5.32 Å². The summed E-state index contributed by atoms with van der Waals surface area (Å²) in [4.78, 5) is 11.3. The minimum atomic E-state index is -0.819. The molecule has 0 saturated heterocycles. The molecule has 0 radical (unpaired) electrons. The molecule has 0 aliphatic carbocycles. The molecule has 0 heterocycles. The van der Waals surface area contributed by atoms with Crippen LogP contribution in [0.3, 0.4) is 0 Å². The third-order valence-corrected chi connectivity index (χ3v) is 2.32. The normalized spacial score (nSPS) is 10.2. The van der Waals surface area contributed by atoms with E-state index in [-0.39, 0.29) is 24.1 Å². The minimum absolute atomic E-state index is 0.131. The second-order valence-electron chi connectivity index (χ2n) is 5.40. The number of nitrogens with zero attached hydrogens (tertiary/aromatic N) is 1. The van der Waals surface area contributed by atoms with Gasteiger partial charge in [0.05, 0.1) is 11.1 Å². The molecule has 4 nitrogen and oxygen atoms in total. The Bertz CT molecular complexity index is 662. The van der Waals surface area contributed by atoms with Crippen LogP contribution >= 0.6 is 0 Å². The minimum Gasteiger partial charge on any atom is -0.444 e. The number of carbonyl (C=O) groups is 1. The van der Waals surface area contributed by atoms with Crippen molar-refractivity contribution in [3.63, 3.8) is 0 Å². The zero-order valence-corrected chi connectivity index (χ0v) is 12.6. The van der Waals surface area contributed by atoms with Crippen molar-refractivity contribution in [2.75, 3.05) is 6.54 Å². The van der Waals surface area contributed by atoms with Gasteiger partial charge in [-0.05, 0) is 32.9 Å². The standard InChI is InChI=1S/C16H16F2N2O2/c1-16(2,3)22-15(21)20-7-5-4-6-11-8-14(18)12(10-19)9-13(11)17/h8-9H,5,7H2,1-3H3,(H,20,21). The Morgan fingerprint density at radius 1 is 1.27 bits per heavy atom. The summed E-state index contributed by atoms with van der Waals surface area (Å²) in [6.45, 7) is 5.46. The third-order valence-electron chi connectivity index (χ3n) is 2.32. The lowest BCUT2D eigenvalue weighted by Crippen LogP contribution is -2.32. The SMILES string of the molecule is CC(C)(C)OC(=O)NCCC#Cc1cc(F)c(C#N)cc1F. The van der Waals surface area contributed by atoms with Gasteiger partial charge in [-0.25, -0.2) is 13.6 Å². The summed E-state index contributed by atoms with van der Waals surface area (Å²) < 4.78 is 31.9. The Morgan fingerprint density at radius 3 is 2.45 bits per heavy atom. The Hall–Kier alpha value is -2.60. The van der Waals surface area contributed by atoms with Crippen molar-refractivity contribution < 1.29 is 18.3 Å². The molecule has 1 amide bonds. The van der Waals surface area contributed by atoms with Gasteiger partial charge in [-0.3, -0.25) is 0 Å². The van der Waals surface area contributed by atoms with E-state index in [1.165, 1.54) is 0 Å². The summed E-state index contributed by atoms with van der Waals surface area (Å²) in [5, 5.41) is 11.1. The molecule has 0 fully saturated rings. The molecule has 0 bridgehead atoms. The monoisotopic (exact) mass is 306 g/mol. The molecular formula is C16H16F2N2O2. The van der Waals surface area contributed by atoms with E-state index >= 15 is 0 Å². The summed E-state index contributed by atoms with van der Waals surface area (Å²) in [5.41, 5.74) is -1.08. The van der Waals surface area contributed by atoms with Crippen LogP contribution in [0.5, 0.6) is 0 Å². The number of alkyl carbamates (subject to hydrolysis) is 1. The predicted octanol–water partition coefficient (Wildman–Crippen LogP) is 3.10. The van der Waals surface area contributed by atoms with E-state index in [0.717, 1.165) is 12.1 Å². The fourth-order valence-electron chi connectivity index (χ4n) is 1.43. The first kappa shape index (κ1) is 17.5. The van der Waals surface area contributed by atoms with Crippen molar-refractivity contribution in [1.29, 1.82) is 5.26 Å². The van der Waals surface area contributed by atoms with Crippen molar-refractivity contribution in [3.8, 4) is 17.9 Å². The number of nitriles is 1. The number of benzene rings is 1. The first-order valence-corrected chi connectivity index (χ1v) is 6.58. The molecule has 1 aromatic rings. The molecule has 116 valence electrons. The second-order valence-corrected chi connectivity index (χ2v) is 5.40. The van der Waals surface area contributed by atoms with Crippen LogP contribution in [-0.2, 0) is 4.74 Å². The molecule has 0 aliphatic rings. The summed E-state index contributed by atoms with van der Waals surface area (Å²) in [7, 11) is 0. The van der Waals surface area contributed by atoms with Crippen LogP contribution in [0.2, 0.25) is 0 Å². The van der Waals surface area contributed by atoms with Crippen molar-refractivity contribution in [2.45, 2.75) is 32.8 Å². The lowest BCUT2D eigenvalue weighted by atomic mass is 10.1. The largest absolute Gasteiger partial charge is 0.444 e. The zero-order chi connectivity index (χ0) is 16.8. The highest BCUT2D eigenvalue weighted by atomic mass is 19.1. The van der Waals surface area contributed by atoms with Crippen molar-refractivity contribution in [2.24, 2.45) is 0 Å². The summed E-state index contributed by atoms with van der Waals surface area (Å²) >= 11 is 0. The molecule has 6 heteroatoms. The number of hydrogen-bond donors (Lipinski definition) is 1. The maximum atomic E-state index is 13.5. The van der Waals surface area contributed by atoms with Gasteiger partial charge in [0.1, 0.15) is 23.3 Å². The molecule has 0 aliphatic heterocycles. The van der Waals surface area contributed by atoms with Crippen molar-refractivity contribution >= 4 is 6.09 Å². The van der Waals surface area contributed by atoms with Crippen LogP contribution in [0, 0.1) is 34.8 Å². The lowest BCUT2D eigenvalue weighted by Gasteiger charge is -2.19. The molecule has 1 rings (SSSR count). The fraction of sp³-hybridized carbons (Fsp3) is 0.375. The van der Waals surface area contributed by atoms with E-state index in [1.54, 1.807) is 26.8 Å². The van der Waals surface area contributed by atoms with Crippen LogP contribution < -0.4 is 5.32 Å². The molecule has 0 atom stereocenters. The average Bonchev–Trinajstić information content (AvgIpc) is 2.39. The van der Waals surface area contributed by atoms with Crippen LogP contribution in [0.15, 0.2) is 12.1 Å². The lowest BCUT2D eigenvalue weighted by molar-refractivity contribution is 0.0529. The van der Waals surface area contributed by atoms with E-state index in [0.29, 0.717) is 0 Å². The summed E-state index contributed by atoms with van der Waals surface area (Å²) in [6.07, 6.45) is -0.315. The van der Waals surface area contributed by atoms with Gasteiger partial charge in [-0.2, -0.15) is 5.26 Å². The predicted molar refractivity (Wildman–Crippen MR) is 76.8 cm³/mol. The van der Waals surface area contributed by atoms with Gasteiger partial charge in [0.15, 0.2) is 0 Å². The van der Waals surface area contributed by atoms with Crippen LogP contribution in [-0.4, -0.2) is 18.2 Å². The Morgan fingerprint density at radius 2 is 1.86 bits per heavy atom. The molecule has 0 spiro atoms. The van der Waals surface area contributed by atoms with Gasteiger partial charge in [-0.15, -0.1) is 0 Å². The molecular weight excluding hydrogens is 290 g/mol. The Labute approximate surface area is 128 Å². The Balaban J connectivity index is 2.54. The number of halogens is 2. The quantitative estimate of drug-likeness (QED) is 0.674. The van der Waals surface area contributed by atoms with Gasteiger partial charge in [0, 0.05) is 13.0 Å². The first-order chi connectivity index (χ1) is 10.2. The van der Waals surface area contributed by atoms with Crippen LogP contribution in [0.1, 0.15) is 38.3 Å². The molecule has 0 unspecified atom stereocenters. The molecule has 1 aromatic carbocycles. The summed E-state index contributed by atoms with van der Waals surface area (Å²) in [5.74, 6) is 3.50. The van der Waals surface area contributed by atoms with E-state index < -0.39 is 23.3 Å². The molecule has 0 aromatic heterocycles. The van der Waals surface area contributed by atoms with E-state index in [9.17, 15) is 13.6 Å². The highest BCUT2D eigenvalue weighted by Crippen LogP contribution is 2.13. The second kappa shape index (κ2) is 7.42. The Kier molecular flexibility index (Phi) is 5.89. The van der Waals surface area contributed by atoms with Crippen molar-refractivity contribution in [3.05, 3.63) is 34.9 Å².